The van der Waals surface area contributed by atoms with Crippen LogP contribution in [-0.4, -0.2) is 23.7 Å². The first-order chi connectivity index (χ1) is 8.41. The molecule has 1 fully saturated rings. The summed E-state index contributed by atoms with van der Waals surface area (Å²) >= 11 is 0. The van der Waals surface area contributed by atoms with E-state index in [1.807, 2.05) is 63.3 Å². The summed E-state index contributed by atoms with van der Waals surface area (Å²) < 4.78 is 5.33. The lowest BCUT2D eigenvalue weighted by atomic mass is 10.0. The van der Waals surface area contributed by atoms with Crippen LogP contribution in [0.2, 0.25) is 0 Å². The molecule has 1 aliphatic rings. The van der Waals surface area contributed by atoms with E-state index in [-0.39, 0.29) is 11.4 Å². The Morgan fingerprint density at radius 2 is 1.94 bits per heavy atom. The SMILES string of the molecule is CC(C)(C)NC(=O)C1(/C=C/c2ccccc2)CO1. The Balaban J connectivity index is 2.05. The maximum Gasteiger partial charge on any atom is 0.259 e. The minimum atomic E-state index is -0.761. The van der Waals surface area contributed by atoms with Crippen LogP contribution in [-0.2, 0) is 9.53 Å². The number of carbonyl (C=O) groups is 1. The van der Waals surface area contributed by atoms with Crippen molar-refractivity contribution in [3.63, 3.8) is 0 Å². The summed E-state index contributed by atoms with van der Waals surface area (Å²) in [6, 6.07) is 9.89. The number of rotatable bonds is 3. The van der Waals surface area contributed by atoms with Gasteiger partial charge >= 0.3 is 0 Å². The zero-order valence-electron chi connectivity index (χ0n) is 11.1. The van der Waals surface area contributed by atoms with Crippen LogP contribution in [0.4, 0.5) is 0 Å². The van der Waals surface area contributed by atoms with Crippen LogP contribution in [0.15, 0.2) is 36.4 Å². The van der Waals surface area contributed by atoms with Gasteiger partial charge in [0.2, 0.25) is 0 Å². The zero-order chi connectivity index (χ0) is 13.2. The van der Waals surface area contributed by atoms with E-state index in [2.05, 4.69) is 5.32 Å². The first-order valence-corrected chi connectivity index (χ1v) is 6.12. The predicted molar refractivity (Wildman–Crippen MR) is 72.1 cm³/mol. The maximum atomic E-state index is 12.1. The molecule has 1 atom stereocenters. The molecular weight excluding hydrogens is 226 g/mol. The molecule has 1 saturated heterocycles. The van der Waals surface area contributed by atoms with Gasteiger partial charge in [-0.2, -0.15) is 0 Å². The van der Waals surface area contributed by atoms with Gasteiger partial charge in [-0.15, -0.1) is 0 Å². The third-order valence-electron chi connectivity index (χ3n) is 2.67. The predicted octanol–water partition coefficient (Wildman–Crippen LogP) is 2.38. The largest absolute Gasteiger partial charge is 0.355 e. The molecular formula is C15H19NO2. The summed E-state index contributed by atoms with van der Waals surface area (Å²) in [5.74, 6) is -0.0674. The first kappa shape index (κ1) is 12.8. The van der Waals surface area contributed by atoms with Gasteiger partial charge < -0.3 is 10.1 Å². The molecule has 1 unspecified atom stereocenters. The highest BCUT2D eigenvalue weighted by Gasteiger charge is 2.50. The average Bonchev–Trinajstić information content (AvgIpc) is 3.07. The van der Waals surface area contributed by atoms with Gasteiger partial charge in [-0.05, 0) is 32.4 Å². The number of amides is 1. The van der Waals surface area contributed by atoms with Crippen LogP contribution in [0, 0.1) is 0 Å². The van der Waals surface area contributed by atoms with Crippen molar-refractivity contribution in [2.45, 2.75) is 31.9 Å². The maximum absolute atomic E-state index is 12.1. The van der Waals surface area contributed by atoms with E-state index < -0.39 is 5.60 Å². The quantitative estimate of drug-likeness (QED) is 0.831. The van der Waals surface area contributed by atoms with Crippen LogP contribution < -0.4 is 5.32 Å². The molecule has 1 heterocycles. The topological polar surface area (TPSA) is 41.6 Å². The van der Waals surface area contributed by atoms with Gasteiger partial charge in [0.25, 0.3) is 5.91 Å². The molecule has 0 aromatic heterocycles. The van der Waals surface area contributed by atoms with Crippen molar-refractivity contribution in [2.24, 2.45) is 0 Å². The number of epoxide rings is 1. The first-order valence-electron chi connectivity index (χ1n) is 6.12. The molecule has 2 rings (SSSR count). The molecule has 1 aromatic carbocycles. The van der Waals surface area contributed by atoms with Gasteiger partial charge in [0, 0.05) is 5.54 Å². The summed E-state index contributed by atoms with van der Waals surface area (Å²) in [7, 11) is 0. The van der Waals surface area contributed by atoms with Crippen LogP contribution in [0.25, 0.3) is 6.08 Å². The molecule has 3 nitrogen and oxygen atoms in total. The van der Waals surface area contributed by atoms with Crippen molar-refractivity contribution in [3.05, 3.63) is 42.0 Å². The number of benzene rings is 1. The highest BCUT2D eigenvalue weighted by molar-refractivity contribution is 5.91. The molecule has 1 aliphatic heterocycles. The van der Waals surface area contributed by atoms with Crippen molar-refractivity contribution >= 4 is 12.0 Å². The molecule has 1 amide bonds. The number of ether oxygens (including phenoxy) is 1. The normalized spacial score (nSPS) is 23.1. The van der Waals surface area contributed by atoms with Crippen molar-refractivity contribution in [1.29, 1.82) is 0 Å². The number of hydrogen-bond donors (Lipinski definition) is 1. The van der Waals surface area contributed by atoms with E-state index in [9.17, 15) is 4.79 Å². The average molecular weight is 245 g/mol. The van der Waals surface area contributed by atoms with Crippen LogP contribution in [0.1, 0.15) is 26.3 Å². The Kier molecular flexibility index (Phi) is 3.26. The van der Waals surface area contributed by atoms with Gasteiger partial charge in [-0.1, -0.05) is 36.4 Å². The van der Waals surface area contributed by atoms with Gasteiger partial charge in [-0.25, -0.2) is 0 Å². The second-order valence-corrected chi connectivity index (χ2v) is 5.63. The highest BCUT2D eigenvalue weighted by Crippen LogP contribution is 2.30. The minimum absolute atomic E-state index is 0.0674. The Hall–Kier alpha value is -1.61. The van der Waals surface area contributed by atoms with Crippen LogP contribution >= 0.6 is 0 Å². The Bertz CT molecular complexity index is 453. The lowest BCUT2D eigenvalue weighted by molar-refractivity contribution is -0.126. The van der Waals surface area contributed by atoms with Crippen molar-refractivity contribution in [2.75, 3.05) is 6.61 Å². The summed E-state index contributed by atoms with van der Waals surface area (Å²) in [5, 5.41) is 2.94. The molecule has 3 heteroatoms. The van der Waals surface area contributed by atoms with Gasteiger partial charge in [0.05, 0.1) is 6.61 Å². The lowest BCUT2D eigenvalue weighted by Gasteiger charge is -2.22. The molecule has 1 aromatic rings. The number of carbonyl (C=O) groups excluding carboxylic acids is 1. The summed E-state index contributed by atoms with van der Waals surface area (Å²) in [4.78, 5) is 12.1. The molecule has 18 heavy (non-hydrogen) atoms. The standard InChI is InChI=1S/C15H19NO2/c1-14(2,3)16-13(17)15(11-18-15)10-9-12-7-5-4-6-8-12/h4-10H,11H2,1-3H3,(H,16,17)/b10-9+. The summed E-state index contributed by atoms with van der Waals surface area (Å²) in [6.45, 7) is 6.34. The van der Waals surface area contributed by atoms with E-state index in [1.54, 1.807) is 0 Å². The van der Waals surface area contributed by atoms with E-state index in [0.29, 0.717) is 6.61 Å². The van der Waals surface area contributed by atoms with E-state index in [1.165, 1.54) is 0 Å². The molecule has 0 saturated carbocycles. The third kappa shape index (κ3) is 3.20. The fraction of sp³-hybridized carbons (Fsp3) is 0.400. The molecule has 0 spiro atoms. The zero-order valence-corrected chi connectivity index (χ0v) is 11.1. The van der Waals surface area contributed by atoms with E-state index in [0.717, 1.165) is 5.56 Å². The fourth-order valence-electron chi connectivity index (χ4n) is 1.62. The van der Waals surface area contributed by atoms with Crippen molar-refractivity contribution in [3.8, 4) is 0 Å². The molecule has 0 bridgehead atoms. The highest BCUT2D eigenvalue weighted by atomic mass is 16.6. The second kappa shape index (κ2) is 4.58. The molecule has 1 N–H and O–H groups in total. The second-order valence-electron chi connectivity index (χ2n) is 5.63. The summed E-state index contributed by atoms with van der Waals surface area (Å²) in [6.07, 6.45) is 3.76. The van der Waals surface area contributed by atoms with E-state index in [4.69, 9.17) is 4.74 Å². The molecule has 0 aliphatic carbocycles. The van der Waals surface area contributed by atoms with Gasteiger partial charge in [0.15, 0.2) is 5.60 Å². The van der Waals surface area contributed by atoms with Crippen LogP contribution in [0.3, 0.4) is 0 Å². The lowest BCUT2D eigenvalue weighted by Crippen LogP contribution is -2.46. The molecule has 96 valence electrons. The Morgan fingerprint density at radius 1 is 1.33 bits per heavy atom. The van der Waals surface area contributed by atoms with Gasteiger partial charge in [0.1, 0.15) is 0 Å². The molecule has 0 radical (unpaired) electrons. The van der Waals surface area contributed by atoms with E-state index >= 15 is 0 Å². The van der Waals surface area contributed by atoms with Crippen molar-refractivity contribution in [1.82, 2.24) is 5.32 Å². The minimum Gasteiger partial charge on any atom is -0.355 e. The number of hydrogen-bond acceptors (Lipinski definition) is 2. The third-order valence-corrected chi connectivity index (χ3v) is 2.67. The number of nitrogens with one attached hydrogen (secondary N) is 1. The Morgan fingerprint density at radius 3 is 2.44 bits per heavy atom. The fourth-order valence-corrected chi connectivity index (χ4v) is 1.62. The van der Waals surface area contributed by atoms with Crippen molar-refractivity contribution < 1.29 is 9.53 Å². The Labute approximate surface area is 108 Å². The van der Waals surface area contributed by atoms with Gasteiger partial charge in [-0.3, -0.25) is 4.79 Å². The summed E-state index contributed by atoms with van der Waals surface area (Å²) in [5.41, 5.74) is 0.0654. The monoisotopic (exact) mass is 245 g/mol. The van der Waals surface area contributed by atoms with Crippen LogP contribution in [0.5, 0.6) is 0 Å². The smallest absolute Gasteiger partial charge is 0.259 e.